The van der Waals surface area contributed by atoms with Crippen LogP contribution in [-0.2, 0) is 16.0 Å². The Morgan fingerprint density at radius 1 is 1.00 bits per heavy atom. The first-order chi connectivity index (χ1) is 13.6. The van der Waals surface area contributed by atoms with Gasteiger partial charge in [0.05, 0.1) is 19.8 Å². The summed E-state index contributed by atoms with van der Waals surface area (Å²) >= 11 is 0. The molecule has 154 valence electrons. The van der Waals surface area contributed by atoms with E-state index in [9.17, 15) is 9.59 Å². The Balaban J connectivity index is 1.35. The highest BCUT2D eigenvalue weighted by Crippen LogP contribution is 2.08. The SMILES string of the molecule is CC(CCc1ccccc1)NC(=O)N1CCN(C(=O)CN2CCOCC2)CC1. The molecule has 3 amide bonds. The highest BCUT2D eigenvalue weighted by atomic mass is 16.5. The Labute approximate surface area is 167 Å². The van der Waals surface area contributed by atoms with Crippen LogP contribution >= 0.6 is 0 Å². The van der Waals surface area contributed by atoms with Gasteiger partial charge in [0.2, 0.25) is 5.91 Å². The molecule has 3 rings (SSSR count). The minimum Gasteiger partial charge on any atom is -0.379 e. The molecular weight excluding hydrogens is 356 g/mol. The van der Waals surface area contributed by atoms with Crippen molar-refractivity contribution in [1.82, 2.24) is 20.0 Å². The summed E-state index contributed by atoms with van der Waals surface area (Å²) in [5, 5.41) is 3.09. The van der Waals surface area contributed by atoms with Gasteiger partial charge in [-0.1, -0.05) is 30.3 Å². The van der Waals surface area contributed by atoms with Crippen LogP contribution in [0.5, 0.6) is 0 Å². The maximum Gasteiger partial charge on any atom is 0.317 e. The van der Waals surface area contributed by atoms with Gasteiger partial charge in [0.1, 0.15) is 0 Å². The molecule has 0 spiro atoms. The van der Waals surface area contributed by atoms with E-state index >= 15 is 0 Å². The molecule has 0 aliphatic carbocycles. The molecule has 0 radical (unpaired) electrons. The lowest BCUT2D eigenvalue weighted by Crippen LogP contribution is -2.56. The van der Waals surface area contributed by atoms with E-state index in [0.29, 0.717) is 45.9 Å². The van der Waals surface area contributed by atoms with Gasteiger partial charge >= 0.3 is 6.03 Å². The number of carbonyl (C=O) groups is 2. The Kier molecular flexibility index (Phi) is 7.68. The van der Waals surface area contributed by atoms with Crippen LogP contribution in [0.2, 0.25) is 0 Å². The lowest BCUT2D eigenvalue weighted by atomic mass is 10.1. The van der Waals surface area contributed by atoms with Gasteiger partial charge in [-0.15, -0.1) is 0 Å². The van der Waals surface area contributed by atoms with Crippen molar-refractivity contribution < 1.29 is 14.3 Å². The Morgan fingerprint density at radius 2 is 1.64 bits per heavy atom. The van der Waals surface area contributed by atoms with E-state index in [4.69, 9.17) is 4.74 Å². The van der Waals surface area contributed by atoms with Crippen LogP contribution in [0, 0.1) is 0 Å². The molecule has 7 nitrogen and oxygen atoms in total. The van der Waals surface area contributed by atoms with Gasteiger partial charge in [-0.05, 0) is 25.3 Å². The van der Waals surface area contributed by atoms with E-state index in [1.807, 2.05) is 34.9 Å². The van der Waals surface area contributed by atoms with Gasteiger partial charge in [-0.3, -0.25) is 9.69 Å². The average molecular weight is 389 g/mol. The maximum atomic E-state index is 12.5. The maximum absolute atomic E-state index is 12.5. The molecule has 2 heterocycles. The molecular formula is C21H32N4O3. The topological polar surface area (TPSA) is 65.1 Å². The number of piperazine rings is 1. The van der Waals surface area contributed by atoms with Gasteiger partial charge < -0.3 is 19.9 Å². The quantitative estimate of drug-likeness (QED) is 0.795. The number of urea groups is 1. The van der Waals surface area contributed by atoms with Crippen LogP contribution in [0.3, 0.4) is 0 Å². The molecule has 1 N–H and O–H groups in total. The van der Waals surface area contributed by atoms with Crippen LogP contribution in [0.25, 0.3) is 0 Å². The van der Waals surface area contributed by atoms with Crippen molar-refractivity contribution in [3.63, 3.8) is 0 Å². The summed E-state index contributed by atoms with van der Waals surface area (Å²) in [5.41, 5.74) is 1.29. The third kappa shape index (κ3) is 6.21. The average Bonchev–Trinajstić information content (AvgIpc) is 2.74. The van der Waals surface area contributed by atoms with Crippen LogP contribution in [0.15, 0.2) is 30.3 Å². The van der Waals surface area contributed by atoms with Gasteiger partial charge in [-0.25, -0.2) is 4.79 Å². The minimum atomic E-state index is -0.0270. The number of nitrogens with one attached hydrogen (secondary N) is 1. The minimum absolute atomic E-state index is 0.0270. The van der Waals surface area contributed by atoms with Crippen molar-refractivity contribution in [2.75, 3.05) is 59.0 Å². The zero-order valence-corrected chi connectivity index (χ0v) is 16.8. The predicted octanol–water partition coefficient (Wildman–Crippen LogP) is 1.19. The third-order valence-corrected chi connectivity index (χ3v) is 5.46. The molecule has 1 aromatic rings. The van der Waals surface area contributed by atoms with Crippen LogP contribution in [-0.4, -0.2) is 91.7 Å². The number of nitrogens with zero attached hydrogens (tertiary/aromatic N) is 3. The largest absolute Gasteiger partial charge is 0.379 e. The van der Waals surface area contributed by atoms with Crippen molar-refractivity contribution in [3.05, 3.63) is 35.9 Å². The van der Waals surface area contributed by atoms with Crippen molar-refractivity contribution in [2.24, 2.45) is 0 Å². The summed E-state index contributed by atoms with van der Waals surface area (Å²) in [6, 6.07) is 10.4. The van der Waals surface area contributed by atoms with Gasteiger partial charge in [0.15, 0.2) is 0 Å². The van der Waals surface area contributed by atoms with E-state index in [0.717, 1.165) is 25.9 Å². The molecule has 1 atom stereocenters. The van der Waals surface area contributed by atoms with Crippen molar-refractivity contribution in [1.29, 1.82) is 0 Å². The monoisotopic (exact) mass is 388 g/mol. The highest BCUT2D eigenvalue weighted by Gasteiger charge is 2.26. The second-order valence-corrected chi connectivity index (χ2v) is 7.63. The van der Waals surface area contributed by atoms with Gasteiger partial charge in [-0.2, -0.15) is 0 Å². The zero-order valence-electron chi connectivity index (χ0n) is 16.8. The molecule has 0 saturated carbocycles. The fraction of sp³-hybridized carbons (Fsp3) is 0.619. The van der Waals surface area contributed by atoms with Crippen molar-refractivity contribution in [3.8, 4) is 0 Å². The fourth-order valence-electron chi connectivity index (χ4n) is 3.61. The third-order valence-electron chi connectivity index (χ3n) is 5.46. The summed E-state index contributed by atoms with van der Waals surface area (Å²) in [6.45, 7) is 7.91. The number of benzene rings is 1. The number of aryl methyl sites for hydroxylation is 1. The summed E-state index contributed by atoms with van der Waals surface area (Å²) in [5.74, 6) is 0.151. The lowest BCUT2D eigenvalue weighted by Gasteiger charge is -2.36. The number of hydrogen-bond donors (Lipinski definition) is 1. The molecule has 2 aliphatic heterocycles. The molecule has 1 aromatic carbocycles. The predicted molar refractivity (Wildman–Crippen MR) is 108 cm³/mol. The van der Waals surface area contributed by atoms with Crippen LogP contribution in [0.4, 0.5) is 4.79 Å². The Hall–Kier alpha value is -2.12. The standard InChI is InChI=1S/C21H32N4O3/c1-18(7-8-19-5-3-2-4-6-19)22-21(27)25-11-9-24(10-12-25)20(26)17-23-13-15-28-16-14-23/h2-6,18H,7-17H2,1H3,(H,22,27). The molecule has 2 saturated heterocycles. The van der Waals surface area contributed by atoms with Crippen molar-refractivity contribution in [2.45, 2.75) is 25.8 Å². The molecule has 0 aromatic heterocycles. The van der Waals surface area contributed by atoms with Crippen molar-refractivity contribution >= 4 is 11.9 Å². The Morgan fingerprint density at radius 3 is 2.32 bits per heavy atom. The van der Waals surface area contributed by atoms with E-state index in [-0.39, 0.29) is 18.0 Å². The van der Waals surface area contributed by atoms with E-state index < -0.39 is 0 Å². The smallest absolute Gasteiger partial charge is 0.317 e. The van der Waals surface area contributed by atoms with Gasteiger partial charge in [0, 0.05) is 45.3 Å². The fourth-order valence-corrected chi connectivity index (χ4v) is 3.61. The zero-order chi connectivity index (χ0) is 19.8. The molecule has 0 bridgehead atoms. The number of ether oxygens (including phenoxy) is 1. The summed E-state index contributed by atoms with van der Waals surface area (Å²) < 4.78 is 5.32. The summed E-state index contributed by atoms with van der Waals surface area (Å²) in [6.07, 6.45) is 1.86. The highest BCUT2D eigenvalue weighted by molar-refractivity contribution is 5.79. The number of carbonyl (C=O) groups excluding carboxylic acids is 2. The first-order valence-corrected chi connectivity index (χ1v) is 10.3. The number of amides is 3. The molecule has 2 aliphatic rings. The second-order valence-electron chi connectivity index (χ2n) is 7.63. The second kappa shape index (κ2) is 10.4. The van der Waals surface area contributed by atoms with Crippen LogP contribution in [0.1, 0.15) is 18.9 Å². The van der Waals surface area contributed by atoms with Crippen LogP contribution < -0.4 is 5.32 Å². The number of rotatable bonds is 6. The summed E-state index contributed by atoms with van der Waals surface area (Å²) in [7, 11) is 0. The van der Waals surface area contributed by atoms with E-state index in [1.165, 1.54) is 5.56 Å². The molecule has 2 fully saturated rings. The number of morpholine rings is 1. The molecule has 1 unspecified atom stereocenters. The normalized spacial score (nSPS) is 19.3. The first kappa shape index (κ1) is 20.6. The van der Waals surface area contributed by atoms with Gasteiger partial charge in [0.25, 0.3) is 0 Å². The van der Waals surface area contributed by atoms with E-state index in [1.54, 1.807) is 0 Å². The Bertz CT molecular complexity index is 626. The lowest BCUT2D eigenvalue weighted by molar-refractivity contribution is -0.134. The summed E-state index contributed by atoms with van der Waals surface area (Å²) in [4.78, 5) is 30.8. The number of hydrogen-bond acceptors (Lipinski definition) is 4. The first-order valence-electron chi connectivity index (χ1n) is 10.3. The van der Waals surface area contributed by atoms with E-state index in [2.05, 4.69) is 22.3 Å². The molecule has 7 heteroatoms. The molecule has 28 heavy (non-hydrogen) atoms.